The number of methoxy groups -OCH3 is 1. The maximum atomic E-state index is 12.2. The van der Waals surface area contributed by atoms with Gasteiger partial charge >= 0.3 is 5.97 Å². The Balaban J connectivity index is 3.01. The summed E-state index contributed by atoms with van der Waals surface area (Å²) in [7, 11) is -2.82. The normalized spacial score (nSPS) is 13.0. The van der Waals surface area contributed by atoms with Gasteiger partial charge in [-0.15, -0.1) is 0 Å². The number of hydrogen-bond acceptors (Lipinski definition) is 6. The third-order valence-electron chi connectivity index (χ3n) is 2.92. The smallest absolute Gasteiger partial charge is 0.336 e. The number of aliphatic hydroxyl groups is 1. The van der Waals surface area contributed by atoms with Gasteiger partial charge in [0.2, 0.25) is 10.0 Å². The van der Waals surface area contributed by atoms with Gasteiger partial charge in [0, 0.05) is 6.54 Å². The fourth-order valence-electron chi connectivity index (χ4n) is 1.65. The molecule has 0 fully saturated rings. The number of esters is 1. The quantitative estimate of drug-likeness (QED) is 0.507. The van der Waals surface area contributed by atoms with Crippen molar-refractivity contribution < 1.29 is 23.1 Å². The van der Waals surface area contributed by atoms with Gasteiger partial charge in [0.25, 0.3) is 0 Å². The summed E-state index contributed by atoms with van der Waals surface area (Å²) >= 11 is 0. The monoisotopic (exact) mass is 302 g/mol. The van der Waals surface area contributed by atoms with Gasteiger partial charge in [-0.05, 0) is 31.0 Å². The van der Waals surface area contributed by atoms with Crippen LogP contribution in [0.1, 0.15) is 11.1 Å². The first-order valence-electron chi connectivity index (χ1n) is 5.82. The van der Waals surface area contributed by atoms with Gasteiger partial charge in [-0.3, -0.25) is 0 Å². The highest BCUT2D eigenvalue weighted by molar-refractivity contribution is 7.89. The summed E-state index contributed by atoms with van der Waals surface area (Å²) in [6.07, 6.45) is -1.57. The van der Waals surface area contributed by atoms with Crippen LogP contribution in [0.4, 0.5) is 5.69 Å². The summed E-state index contributed by atoms with van der Waals surface area (Å²) in [6, 6.07) is 3.21. The van der Waals surface area contributed by atoms with Crippen molar-refractivity contribution in [1.29, 1.82) is 0 Å². The highest BCUT2D eigenvalue weighted by Gasteiger charge is 2.24. The zero-order valence-corrected chi connectivity index (χ0v) is 12.3. The lowest BCUT2D eigenvalue weighted by molar-refractivity contribution is -0.149. The average Bonchev–Trinajstić information content (AvgIpc) is 2.39. The van der Waals surface area contributed by atoms with E-state index in [0.29, 0.717) is 5.56 Å². The van der Waals surface area contributed by atoms with E-state index >= 15 is 0 Å². The van der Waals surface area contributed by atoms with Crippen LogP contribution in [0.5, 0.6) is 0 Å². The molecule has 20 heavy (non-hydrogen) atoms. The molecule has 0 bridgehead atoms. The van der Waals surface area contributed by atoms with Crippen LogP contribution in [-0.2, 0) is 19.6 Å². The summed E-state index contributed by atoms with van der Waals surface area (Å²) in [5, 5.41) is 9.39. The highest BCUT2D eigenvalue weighted by atomic mass is 32.2. The fraction of sp³-hybridized carbons (Fsp3) is 0.417. The lowest BCUT2D eigenvalue weighted by Gasteiger charge is -2.15. The predicted octanol–water partition coefficient (Wildman–Crippen LogP) is -0.302. The van der Waals surface area contributed by atoms with Crippen molar-refractivity contribution in [2.24, 2.45) is 0 Å². The number of nitrogens with two attached hydrogens (primary N) is 1. The largest absolute Gasteiger partial charge is 0.467 e. The Labute approximate surface area is 117 Å². The third-order valence-corrected chi connectivity index (χ3v) is 4.54. The average molecular weight is 302 g/mol. The van der Waals surface area contributed by atoms with E-state index in [4.69, 9.17) is 5.73 Å². The van der Waals surface area contributed by atoms with Crippen LogP contribution in [0, 0.1) is 13.8 Å². The first-order valence-corrected chi connectivity index (χ1v) is 7.30. The van der Waals surface area contributed by atoms with Crippen LogP contribution in [0.3, 0.4) is 0 Å². The molecule has 8 heteroatoms. The Hall–Kier alpha value is -1.64. The van der Waals surface area contributed by atoms with Crippen molar-refractivity contribution in [1.82, 2.24) is 4.72 Å². The SMILES string of the molecule is COC(=O)C(O)CNS(=O)(=O)c1c(N)ccc(C)c1C. The molecule has 7 nitrogen and oxygen atoms in total. The van der Waals surface area contributed by atoms with Crippen LogP contribution in [0.15, 0.2) is 17.0 Å². The van der Waals surface area contributed by atoms with Crippen LogP contribution < -0.4 is 10.5 Å². The van der Waals surface area contributed by atoms with Crippen LogP contribution >= 0.6 is 0 Å². The summed E-state index contributed by atoms with van der Waals surface area (Å²) in [6.45, 7) is 2.91. The van der Waals surface area contributed by atoms with Crippen molar-refractivity contribution in [2.75, 3.05) is 19.4 Å². The number of ether oxygens (including phenoxy) is 1. The van der Waals surface area contributed by atoms with E-state index in [1.165, 1.54) is 6.07 Å². The maximum Gasteiger partial charge on any atom is 0.336 e. The standard InChI is InChI=1S/C12H18N2O5S/c1-7-4-5-9(13)11(8(7)2)20(17,18)14-6-10(15)12(16)19-3/h4-5,10,14-15H,6,13H2,1-3H3. The number of nitrogens with one attached hydrogen (secondary N) is 1. The molecule has 4 N–H and O–H groups in total. The predicted molar refractivity (Wildman–Crippen MR) is 73.5 cm³/mol. The Morgan fingerprint density at radius 2 is 2.05 bits per heavy atom. The molecule has 0 aliphatic heterocycles. The first kappa shape index (κ1) is 16.4. The molecule has 0 heterocycles. The fourth-order valence-corrected chi connectivity index (χ4v) is 3.11. The zero-order valence-electron chi connectivity index (χ0n) is 11.5. The Morgan fingerprint density at radius 3 is 2.60 bits per heavy atom. The number of sulfonamides is 1. The number of rotatable bonds is 5. The van der Waals surface area contributed by atoms with E-state index in [0.717, 1.165) is 12.7 Å². The number of carbonyl (C=O) groups is 1. The molecule has 0 aromatic heterocycles. The molecule has 1 rings (SSSR count). The van der Waals surface area contributed by atoms with Crippen molar-refractivity contribution in [2.45, 2.75) is 24.8 Å². The van der Waals surface area contributed by atoms with Crippen LogP contribution in [0.25, 0.3) is 0 Å². The molecular formula is C12H18N2O5S. The Morgan fingerprint density at radius 1 is 1.45 bits per heavy atom. The van der Waals surface area contributed by atoms with E-state index in [1.54, 1.807) is 19.9 Å². The number of aryl methyl sites for hydroxylation is 1. The topological polar surface area (TPSA) is 119 Å². The minimum absolute atomic E-state index is 0.0467. The number of carbonyl (C=O) groups excluding carboxylic acids is 1. The van der Waals surface area contributed by atoms with Crippen molar-refractivity contribution in [3.8, 4) is 0 Å². The zero-order chi connectivity index (χ0) is 15.5. The Bertz CT molecular complexity index is 613. The van der Waals surface area contributed by atoms with Gasteiger partial charge in [0.1, 0.15) is 4.90 Å². The molecule has 1 atom stereocenters. The number of hydrogen-bond donors (Lipinski definition) is 3. The second-order valence-electron chi connectivity index (χ2n) is 4.32. The molecule has 0 radical (unpaired) electrons. The van der Waals surface area contributed by atoms with Gasteiger partial charge in [-0.25, -0.2) is 17.9 Å². The molecule has 1 unspecified atom stereocenters. The molecule has 0 amide bonds. The highest BCUT2D eigenvalue weighted by Crippen LogP contribution is 2.24. The second-order valence-corrected chi connectivity index (χ2v) is 6.02. The Kier molecular flexibility index (Phi) is 5.09. The van der Waals surface area contributed by atoms with Crippen molar-refractivity contribution in [3.05, 3.63) is 23.3 Å². The van der Waals surface area contributed by atoms with Gasteiger partial charge < -0.3 is 15.6 Å². The van der Waals surface area contributed by atoms with Gasteiger partial charge in [-0.2, -0.15) is 0 Å². The van der Waals surface area contributed by atoms with Gasteiger partial charge in [-0.1, -0.05) is 6.07 Å². The molecule has 1 aromatic carbocycles. The van der Waals surface area contributed by atoms with Crippen LogP contribution in [-0.4, -0.2) is 39.3 Å². The minimum atomic E-state index is -3.92. The maximum absolute atomic E-state index is 12.2. The van der Waals surface area contributed by atoms with E-state index in [1.807, 2.05) is 0 Å². The molecule has 0 aliphatic rings. The molecular weight excluding hydrogens is 284 g/mol. The van der Waals surface area contributed by atoms with Crippen molar-refractivity contribution >= 4 is 21.7 Å². The van der Waals surface area contributed by atoms with E-state index in [2.05, 4.69) is 9.46 Å². The van der Waals surface area contributed by atoms with Crippen molar-refractivity contribution in [3.63, 3.8) is 0 Å². The second kappa shape index (κ2) is 6.21. The molecule has 0 saturated carbocycles. The molecule has 0 aliphatic carbocycles. The number of benzene rings is 1. The lowest BCUT2D eigenvalue weighted by Crippen LogP contribution is -2.37. The number of anilines is 1. The van der Waals surface area contributed by atoms with E-state index in [9.17, 15) is 18.3 Å². The van der Waals surface area contributed by atoms with Gasteiger partial charge in [0.05, 0.1) is 12.8 Å². The molecule has 112 valence electrons. The first-order chi connectivity index (χ1) is 9.20. The summed E-state index contributed by atoms with van der Waals surface area (Å²) in [4.78, 5) is 11.0. The molecule has 0 saturated heterocycles. The molecule has 1 aromatic rings. The summed E-state index contributed by atoms with van der Waals surface area (Å²) in [5.41, 5.74) is 7.09. The third kappa shape index (κ3) is 3.47. The summed E-state index contributed by atoms with van der Waals surface area (Å²) in [5.74, 6) is -0.915. The number of nitrogen functional groups attached to an aromatic ring is 1. The molecule has 0 spiro atoms. The van der Waals surface area contributed by atoms with Crippen LogP contribution in [0.2, 0.25) is 0 Å². The van der Waals surface area contributed by atoms with E-state index < -0.39 is 28.6 Å². The number of aliphatic hydroxyl groups excluding tert-OH is 1. The van der Waals surface area contributed by atoms with E-state index in [-0.39, 0.29) is 10.6 Å². The summed E-state index contributed by atoms with van der Waals surface area (Å²) < 4.78 is 30.8. The van der Waals surface area contributed by atoms with Gasteiger partial charge in [0.15, 0.2) is 6.10 Å². The minimum Gasteiger partial charge on any atom is -0.467 e. The lowest BCUT2D eigenvalue weighted by atomic mass is 10.1.